The van der Waals surface area contributed by atoms with Crippen molar-refractivity contribution in [1.29, 1.82) is 0 Å². The fraction of sp³-hybridized carbons (Fsp3) is 0.875. The lowest BCUT2D eigenvalue weighted by molar-refractivity contribution is -0.173. The molecule has 0 saturated carbocycles. The Morgan fingerprint density at radius 2 is 1.91 bits per heavy atom. The summed E-state index contributed by atoms with van der Waals surface area (Å²) in [7, 11) is 0. The first-order valence-corrected chi connectivity index (χ1v) is 3.81. The van der Waals surface area contributed by atoms with Gasteiger partial charge in [0.2, 0.25) is 0 Å². The summed E-state index contributed by atoms with van der Waals surface area (Å²) in [4.78, 5) is 10.4. The van der Waals surface area contributed by atoms with Gasteiger partial charge in [-0.15, -0.1) is 0 Å². The zero-order chi connectivity index (χ0) is 8.85. The van der Waals surface area contributed by atoms with Crippen molar-refractivity contribution in [3.63, 3.8) is 0 Å². The summed E-state index contributed by atoms with van der Waals surface area (Å²) in [5, 5.41) is 0. The van der Waals surface area contributed by atoms with E-state index in [1.54, 1.807) is 6.92 Å². The Kier molecular flexibility index (Phi) is 4.86. The minimum absolute atomic E-state index is 0.304. The Morgan fingerprint density at radius 1 is 1.36 bits per heavy atom. The third kappa shape index (κ3) is 7.33. The van der Waals surface area contributed by atoms with Gasteiger partial charge in [0.15, 0.2) is 6.29 Å². The first-order valence-electron chi connectivity index (χ1n) is 3.81. The molecule has 0 bridgehead atoms. The molecule has 3 heteroatoms. The van der Waals surface area contributed by atoms with Crippen molar-refractivity contribution >= 4 is 5.97 Å². The predicted octanol–water partition coefficient (Wildman–Crippen LogP) is 1.57. The first-order chi connectivity index (χ1) is 5.02. The van der Waals surface area contributed by atoms with Crippen LogP contribution in [0.1, 0.15) is 27.7 Å². The quantitative estimate of drug-likeness (QED) is 0.462. The van der Waals surface area contributed by atoms with Crippen LogP contribution in [0.15, 0.2) is 0 Å². The average Bonchev–Trinajstić information content (AvgIpc) is 1.82. The molecule has 1 unspecified atom stereocenters. The van der Waals surface area contributed by atoms with Crippen LogP contribution in [0.3, 0.4) is 0 Å². The van der Waals surface area contributed by atoms with Gasteiger partial charge in [-0.3, -0.25) is 4.79 Å². The molecule has 0 aliphatic heterocycles. The van der Waals surface area contributed by atoms with Crippen molar-refractivity contribution in [3.05, 3.63) is 0 Å². The molecule has 0 heterocycles. The van der Waals surface area contributed by atoms with Crippen LogP contribution in [0.25, 0.3) is 0 Å². The molecule has 3 nitrogen and oxygen atoms in total. The van der Waals surface area contributed by atoms with E-state index in [9.17, 15) is 4.79 Å². The SMILES string of the molecule is CC(=O)OC(C)OCC(C)C. The molecule has 11 heavy (non-hydrogen) atoms. The topological polar surface area (TPSA) is 35.5 Å². The van der Waals surface area contributed by atoms with E-state index in [4.69, 9.17) is 9.47 Å². The third-order valence-electron chi connectivity index (χ3n) is 0.996. The Morgan fingerprint density at radius 3 is 2.27 bits per heavy atom. The molecule has 0 N–H and O–H groups in total. The maximum absolute atomic E-state index is 10.4. The highest BCUT2D eigenvalue weighted by Gasteiger charge is 2.05. The average molecular weight is 160 g/mol. The van der Waals surface area contributed by atoms with Crippen molar-refractivity contribution in [1.82, 2.24) is 0 Å². The Labute approximate surface area is 67.7 Å². The summed E-state index contributed by atoms with van der Waals surface area (Å²) in [6.45, 7) is 7.79. The fourth-order valence-electron chi connectivity index (χ4n) is 0.596. The number of carbonyl (C=O) groups excluding carboxylic acids is 1. The van der Waals surface area contributed by atoms with Crippen molar-refractivity contribution in [2.24, 2.45) is 5.92 Å². The van der Waals surface area contributed by atoms with Gasteiger partial charge in [-0.1, -0.05) is 13.8 Å². The Hall–Kier alpha value is -0.570. The van der Waals surface area contributed by atoms with Crippen molar-refractivity contribution in [2.75, 3.05) is 6.61 Å². The van der Waals surface area contributed by atoms with Crippen LogP contribution < -0.4 is 0 Å². The smallest absolute Gasteiger partial charge is 0.304 e. The zero-order valence-electron chi connectivity index (χ0n) is 7.59. The van der Waals surface area contributed by atoms with Gasteiger partial charge in [-0.05, 0) is 12.8 Å². The summed E-state index contributed by atoms with van der Waals surface area (Å²) >= 11 is 0. The second-order valence-electron chi connectivity index (χ2n) is 2.90. The summed E-state index contributed by atoms with van der Waals surface area (Å²) in [6, 6.07) is 0. The molecule has 1 atom stereocenters. The number of hydrogen-bond acceptors (Lipinski definition) is 3. The van der Waals surface area contributed by atoms with Crippen molar-refractivity contribution in [2.45, 2.75) is 34.0 Å². The number of hydrogen-bond donors (Lipinski definition) is 0. The maximum atomic E-state index is 10.4. The molecule has 0 aromatic rings. The third-order valence-corrected chi connectivity index (χ3v) is 0.996. The monoisotopic (exact) mass is 160 g/mol. The molecule has 66 valence electrons. The summed E-state index contributed by atoms with van der Waals surface area (Å²) in [5.74, 6) is 0.161. The lowest BCUT2D eigenvalue weighted by Gasteiger charge is -2.13. The van der Waals surface area contributed by atoms with Crippen LogP contribution in [-0.2, 0) is 14.3 Å². The molecule has 0 aromatic heterocycles. The normalized spacial score (nSPS) is 13.2. The van der Waals surface area contributed by atoms with Crippen molar-refractivity contribution in [3.8, 4) is 0 Å². The van der Waals surface area contributed by atoms with Gasteiger partial charge in [-0.25, -0.2) is 0 Å². The molecule has 0 aliphatic carbocycles. The Bertz CT molecular complexity index is 121. The van der Waals surface area contributed by atoms with E-state index in [-0.39, 0.29) is 5.97 Å². The highest BCUT2D eigenvalue weighted by molar-refractivity contribution is 5.65. The molecule has 0 fully saturated rings. The van der Waals surface area contributed by atoms with E-state index in [0.717, 1.165) is 0 Å². The highest BCUT2D eigenvalue weighted by Crippen LogP contribution is 1.98. The van der Waals surface area contributed by atoms with E-state index in [0.29, 0.717) is 12.5 Å². The van der Waals surface area contributed by atoms with E-state index in [1.807, 2.05) is 13.8 Å². The molecular formula is C8H16O3. The standard InChI is InChI=1S/C8H16O3/c1-6(2)5-10-8(4)11-7(3)9/h6,8H,5H2,1-4H3. The van der Waals surface area contributed by atoms with Crippen LogP contribution in [-0.4, -0.2) is 18.9 Å². The highest BCUT2D eigenvalue weighted by atomic mass is 16.7. The van der Waals surface area contributed by atoms with E-state index in [2.05, 4.69) is 0 Å². The molecule has 0 spiro atoms. The number of carbonyl (C=O) groups is 1. The number of ether oxygens (including phenoxy) is 2. The lowest BCUT2D eigenvalue weighted by atomic mass is 10.2. The molecule has 0 saturated heterocycles. The molecule has 0 radical (unpaired) electrons. The van der Waals surface area contributed by atoms with Gasteiger partial charge in [0, 0.05) is 6.92 Å². The molecular weight excluding hydrogens is 144 g/mol. The number of esters is 1. The predicted molar refractivity (Wildman–Crippen MR) is 42.0 cm³/mol. The van der Waals surface area contributed by atoms with Gasteiger partial charge in [0.25, 0.3) is 0 Å². The fourth-order valence-corrected chi connectivity index (χ4v) is 0.596. The van der Waals surface area contributed by atoms with Crippen LogP contribution in [0.5, 0.6) is 0 Å². The van der Waals surface area contributed by atoms with Gasteiger partial charge < -0.3 is 9.47 Å². The summed E-state index contributed by atoms with van der Waals surface area (Å²) in [6.07, 6.45) is -0.421. The van der Waals surface area contributed by atoms with Crippen LogP contribution in [0.4, 0.5) is 0 Å². The second kappa shape index (κ2) is 5.13. The summed E-state index contributed by atoms with van der Waals surface area (Å²) in [5.41, 5.74) is 0. The van der Waals surface area contributed by atoms with Crippen LogP contribution in [0.2, 0.25) is 0 Å². The van der Waals surface area contributed by atoms with Crippen LogP contribution >= 0.6 is 0 Å². The van der Waals surface area contributed by atoms with E-state index < -0.39 is 6.29 Å². The number of rotatable bonds is 4. The zero-order valence-corrected chi connectivity index (χ0v) is 7.59. The van der Waals surface area contributed by atoms with E-state index >= 15 is 0 Å². The largest absolute Gasteiger partial charge is 0.436 e. The summed E-state index contributed by atoms with van der Waals surface area (Å²) < 4.78 is 9.91. The first kappa shape index (κ1) is 10.4. The van der Waals surface area contributed by atoms with Crippen LogP contribution in [0, 0.1) is 5.92 Å². The molecule has 0 aromatic carbocycles. The van der Waals surface area contributed by atoms with Crippen molar-refractivity contribution < 1.29 is 14.3 Å². The lowest BCUT2D eigenvalue weighted by Crippen LogP contribution is -2.18. The van der Waals surface area contributed by atoms with E-state index in [1.165, 1.54) is 6.92 Å². The second-order valence-corrected chi connectivity index (χ2v) is 2.90. The molecule has 0 aliphatic rings. The van der Waals surface area contributed by atoms with Gasteiger partial charge in [0.05, 0.1) is 6.61 Å². The van der Waals surface area contributed by atoms with Gasteiger partial charge in [-0.2, -0.15) is 0 Å². The molecule has 0 rings (SSSR count). The Balaban J connectivity index is 3.37. The van der Waals surface area contributed by atoms with Gasteiger partial charge in [0.1, 0.15) is 0 Å². The minimum Gasteiger partial charge on any atom is -0.436 e. The van der Waals surface area contributed by atoms with Gasteiger partial charge >= 0.3 is 5.97 Å². The minimum atomic E-state index is -0.421. The maximum Gasteiger partial charge on any atom is 0.304 e. The molecule has 0 amide bonds.